The van der Waals surface area contributed by atoms with E-state index >= 15 is 0 Å². The lowest BCUT2D eigenvalue weighted by atomic mass is 10.3. The fourth-order valence-corrected chi connectivity index (χ4v) is 4.42. The fraction of sp³-hybridized carbons (Fsp3) is 0.375. The molecule has 1 N–H and O–H groups in total. The van der Waals surface area contributed by atoms with Crippen molar-refractivity contribution in [1.29, 1.82) is 0 Å². The maximum absolute atomic E-state index is 12.4. The summed E-state index contributed by atoms with van der Waals surface area (Å²) in [6.45, 7) is 1.20. The van der Waals surface area contributed by atoms with Crippen molar-refractivity contribution in [3.8, 4) is 0 Å². The van der Waals surface area contributed by atoms with Gasteiger partial charge in [-0.2, -0.15) is 0 Å². The summed E-state index contributed by atoms with van der Waals surface area (Å²) in [6.07, 6.45) is 1.07. The van der Waals surface area contributed by atoms with Crippen LogP contribution in [0.1, 0.15) is 15.4 Å². The second-order valence-electron chi connectivity index (χ2n) is 5.64. The summed E-state index contributed by atoms with van der Waals surface area (Å²) in [5.74, 6) is -0.268. The summed E-state index contributed by atoms with van der Waals surface area (Å²) in [4.78, 5) is 18.8. The Labute approximate surface area is 150 Å². The fourth-order valence-electron chi connectivity index (χ4n) is 2.55. The van der Waals surface area contributed by atoms with E-state index in [4.69, 9.17) is 4.74 Å². The summed E-state index contributed by atoms with van der Waals surface area (Å²) < 4.78 is 32.6. The molecular formula is C16H19N3O4S2. The highest BCUT2D eigenvalue weighted by atomic mass is 32.2. The second-order valence-corrected chi connectivity index (χ2v) is 8.44. The van der Waals surface area contributed by atoms with E-state index in [0.29, 0.717) is 23.7 Å². The average Bonchev–Trinajstić information content (AvgIpc) is 3.15. The summed E-state index contributed by atoms with van der Waals surface area (Å²) in [7, 11) is -3.53. The number of nitrogens with zero attached hydrogens (tertiary/aromatic N) is 2. The van der Waals surface area contributed by atoms with Crippen LogP contribution in [-0.2, 0) is 21.3 Å². The van der Waals surface area contributed by atoms with Gasteiger partial charge in [-0.3, -0.25) is 9.78 Å². The zero-order valence-corrected chi connectivity index (χ0v) is 15.1. The van der Waals surface area contributed by atoms with Crippen LogP contribution in [0.15, 0.2) is 41.9 Å². The highest BCUT2D eigenvalue weighted by Gasteiger charge is 2.29. The molecule has 1 atom stereocenters. The monoisotopic (exact) mass is 381 g/mol. The Kier molecular flexibility index (Phi) is 5.79. The van der Waals surface area contributed by atoms with Gasteiger partial charge in [-0.15, -0.1) is 11.3 Å². The van der Waals surface area contributed by atoms with Crippen LogP contribution in [-0.4, -0.2) is 55.8 Å². The number of nitrogens with one attached hydrogen (secondary N) is 1. The van der Waals surface area contributed by atoms with E-state index in [0.717, 1.165) is 0 Å². The average molecular weight is 381 g/mol. The minimum absolute atomic E-state index is 0.0813. The molecular weight excluding hydrogens is 362 g/mol. The molecule has 1 fully saturated rings. The normalized spacial score (nSPS) is 18.2. The van der Waals surface area contributed by atoms with Gasteiger partial charge < -0.3 is 9.64 Å². The van der Waals surface area contributed by atoms with Crippen molar-refractivity contribution in [2.24, 2.45) is 0 Å². The van der Waals surface area contributed by atoms with Gasteiger partial charge in [-0.25, -0.2) is 13.1 Å². The summed E-state index contributed by atoms with van der Waals surface area (Å²) >= 11 is 1.38. The molecule has 3 rings (SSSR count). The first kappa shape index (κ1) is 18.0. The molecule has 1 aliphatic heterocycles. The third kappa shape index (κ3) is 5.08. The van der Waals surface area contributed by atoms with Crippen LogP contribution in [0.25, 0.3) is 0 Å². The van der Waals surface area contributed by atoms with Crippen LogP contribution in [0.2, 0.25) is 0 Å². The number of amides is 1. The highest BCUT2D eigenvalue weighted by molar-refractivity contribution is 7.89. The quantitative estimate of drug-likeness (QED) is 0.810. The van der Waals surface area contributed by atoms with Crippen LogP contribution < -0.4 is 4.72 Å². The van der Waals surface area contributed by atoms with Crippen molar-refractivity contribution >= 4 is 27.3 Å². The first-order valence-corrected chi connectivity index (χ1v) is 10.4. The van der Waals surface area contributed by atoms with Crippen LogP contribution >= 0.6 is 11.3 Å². The Hall–Kier alpha value is -1.81. The number of pyridine rings is 1. The second kappa shape index (κ2) is 8.05. The highest BCUT2D eigenvalue weighted by Crippen LogP contribution is 2.15. The minimum atomic E-state index is -3.53. The molecule has 1 saturated heterocycles. The Morgan fingerprint density at radius 3 is 2.96 bits per heavy atom. The number of morpholine rings is 1. The first-order chi connectivity index (χ1) is 12.0. The van der Waals surface area contributed by atoms with Gasteiger partial charge in [-0.1, -0.05) is 12.1 Å². The van der Waals surface area contributed by atoms with E-state index in [-0.39, 0.29) is 24.7 Å². The third-order valence-corrected chi connectivity index (χ3v) is 6.02. The van der Waals surface area contributed by atoms with Crippen molar-refractivity contribution in [1.82, 2.24) is 14.6 Å². The number of hydrogen-bond donors (Lipinski definition) is 1. The number of hydrogen-bond acceptors (Lipinski definition) is 6. The zero-order chi connectivity index (χ0) is 17.7. The smallest absolute Gasteiger partial charge is 0.264 e. The van der Waals surface area contributed by atoms with Gasteiger partial charge in [-0.05, 0) is 23.6 Å². The van der Waals surface area contributed by atoms with Gasteiger partial charge in [0.15, 0.2) is 0 Å². The largest absolute Gasteiger partial charge is 0.373 e. The van der Waals surface area contributed by atoms with Crippen LogP contribution in [0, 0.1) is 0 Å². The van der Waals surface area contributed by atoms with E-state index < -0.39 is 16.1 Å². The molecule has 1 aliphatic rings. The van der Waals surface area contributed by atoms with Crippen molar-refractivity contribution in [2.75, 3.05) is 25.4 Å². The molecule has 9 heteroatoms. The van der Waals surface area contributed by atoms with Crippen LogP contribution in [0.4, 0.5) is 0 Å². The summed E-state index contributed by atoms with van der Waals surface area (Å²) in [5.41, 5.74) is 0.644. The maximum atomic E-state index is 12.4. The predicted molar refractivity (Wildman–Crippen MR) is 94.8 cm³/mol. The predicted octanol–water partition coefficient (Wildman–Crippen LogP) is 1.10. The lowest BCUT2D eigenvalue weighted by Gasteiger charge is -2.32. The van der Waals surface area contributed by atoms with Crippen molar-refractivity contribution < 1.29 is 17.9 Å². The van der Waals surface area contributed by atoms with Gasteiger partial charge in [0.2, 0.25) is 10.0 Å². The van der Waals surface area contributed by atoms with Gasteiger partial charge in [0, 0.05) is 19.3 Å². The van der Waals surface area contributed by atoms with E-state index in [9.17, 15) is 13.2 Å². The molecule has 0 saturated carbocycles. The molecule has 2 aromatic rings. The standard InChI is InChI=1S/C16H19N3O4S2/c20-16(15-5-3-9-24-15)19-7-8-23-14(11-19)12-25(21,22)18-10-13-4-1-2-6-17-13/h1-6,9,14,18H,7-8,10-12H2/t14-/m0/s1. The molecule has 25 heavy (non-hydrogen) atoms. The molecule has 0 aliphatic carbocycles. The van der Waals surface area contributed by atoms with E-state index in [1.807, 2.05) is 11.4 Å². The minimum Gasteiger partial charge on any atom is -0.373 e. The lowest BCUT2D eigenvalue weighted by molar-refractivity contribution is -0.0108. The Morgan fingerprint density at radius 2 is 2.24 bits per heavy atom. The van der Waals surface area contributed by atoms with E-state index in [1.165, 1.54) is 11.3 Å². The number of aromatic nitrogens is 1. The van der Waals surface area contributed by atoms with E-state index in [1.54, 1.807) is 35.4 Å². The van der Waals surface area contributed by atoms with Crippen molar-refractivity contribution in [3.05, 3.63) is 52.5 Å². The number of thiophene rings is 1. The Bertz CT molecular complexity index is 794. The third-order valence-electron chi connectivity index (χ3n) is 3.76. The first-order valence-electron chi connectivity index (χ1n) is 7.85. The number of sulfonamides is 1. The van der Waals surface area contributed by atoms with Gasteiger partial charge in [0.1, 0.15) is 0 Å². The number of carbonyl (C=O) groups is 1. The molecule has 0 aromatic carbocycles. The molecule has 2 aromatic heterocycles. The lowest BCUT2D eigenvalue weighted by Crippen LogP contribution is -2.48. The molecule has 0 unspecified atom stereocenters. The zero-order valence-electron chi connectivity index (χ0n) is 13.5. The Balaban J connectivity index is 1.55. The molecule has 0 spiro atoms. The molecule has 134 valence electrons. The van der Waals surface area contributed by atoms with Gasteiger partial charge in [0.25, 0.3) is 5.91 Å². The topological polar surface area (TPSA) is 88.6 Å². The molecule has 0 bridgehead atoms. The number of ether oxygens (including phenoxy) is 1. The molecule has 7 nitrogen and oxygen atoms in total. The molecule has 0 radical (unpaired) electrons. The van der Waals surface area contributed by atoms with Gasteiger partial charge >= 0.3 is 0 Å². The van der Waals surface area contributed by atoms with Crippen LogP contribution in [0.3, 0.4) is 0 Å². The van der Waals surface area contributed by atoms with Crippen molar-refractivity contribution in [2.45, 2.75) is 12.6 Å². The molecule has 3 heterocycles. The van der Waals surface area contributed by atoms with E-state index in [2.05, 4.69) is 9.71 Å². The summed E-state index contributed by atoms with van der Waals surface area (Å²) in [5, 5.41) is 1.84. The number of carbonyl (C=O) groups excluding carboxylic acids is 1. The Morgan fingerprint density at radius 1 is 1.36 bits per heavy atom. The van der Waals surface area contributed by atoms with Crippen LogP contribution in [0.5, 0.6) is 0 Å². The summed E-state index contributed by atoms with van der Waals surface area (Å²) in [6, 6.07) is 8.91. The van der Waals surface area contributed by atoms with Gasteiger partial charge in [0.05, 0.1) is 35.6 Å². The SMILES string of the molecule is O=C(c1cccs1)N1CCO[C@H](CS(=O)(=O)NCc2ccccn2)C1. The molecule has 1 amide bonds. The maximum Gasteiger partial charge on any atom is 0.264 e. The number of rotatable bonds is 6. The van der Waals surface area contributed by atoms with Crippen molar-refractivity contribution in [3.63, 3.8) is 0 Å².